The van der Waals surface area contributed by atoms with Crippen molar-refractivity contribution in [3.63, 3.8) is 0 Å². The van der Waals surface area contributed by atoms with Gasteiger partial charge in [0.25, 0.3) is 0 Å². The van der Waals surface area contributed by atoms with E-state index in [1.807, 2.05) is 12.3 Å². The number of hydrogen-bond donors (Lipinski definition) is 0. The van der Waals surface area contributed by atoms with Crippen LogP contribution in [0, 0.1) is 3.80 Å². The molecule has 1 atom stereocenters. The van der Waals surface area contributed by atoms with Crippen molar-refractivity contribution in [1.29, 1.82) is 0 Å². The van der Waals surface area contributed by atoms with Crippen molar-refractivity contribution in [3.05, 3.63) is 130 Å². The Balaban J connectivity index is 1.24. The Bertz CT molecular complexity index is 2180. The van der Waals surface area contributed by atoms with Crippen LogP contribution >= 0.6 is 0 Å². The molecule has 0 amide bonds. The van der Waals surface area contributed by atoms with E-state index in [9.17, 15) is 0 Å². The minimum absolute atomic E-state index is 0.0542. The van der Waals surface area contributed by atoms with Gasteiger partial charge in [0.05, 0.1) is 0 Å². The molecule has 0 saturated carbocycles. The summed E-state index contributed by atoms with van der Waals surface area (Å²) in [6.07, 6.45) is 3.03. The fourth-order valence-electron chi connectivity index (χ4n) is 6.64. The fourth-order valence-corrected chi connectivity index (χ4v) is 7.77. The van der Waals surface area contributed by atoms with Crippen LogP contribution in [-0.4, -0.2) is 20.7 Å². The monoisotopic (exact) mass is 815 g/mol. The minimum atomic E-state index is 0.0542. The second kappa shape index (κ2) is 12.3. The van der Waals surface area contributed by atoms with Crippen LogP contribution in [0.1, 0.15) is 77.5 Å². The van der Waals surface area contributed by atoms with Crippen LogP contribution in [0.4, 0.5) is 11.5 Å². The number of rotatable bonds is 5. The Morgan fingerprint density at radius 2 is 1.35 bits per heavy atom. The summed E-state index contributed by atoms with van der Waals surface area (Å²) < 4.78 is 12.4. The summed E-state index contributed by atoms with van der Waals surface area (Å²) in [5.74, 6) is 3.08. The molecule has 5 nitrogen and oxygen atoms in total. The molecular formula is C42H44N4OPt. The Labute approximate surface area is 295 Å². The van der Waals surface area contributed by atoms with Crippen LogP contribution in [0.25, 0.3) is 22.4 Å². The van der Waals surface area contributed by atoms with E-state index in [1.54, 1.807) is 0 Å². The van der Waals surface area contributed by atoms with E-state index in [1.165, 1.54) is 22.4 Å². The van der Waals surface area contributed by atoms with Crippen molar-refractivity contribution in [1.82, 2.24) is 14.1 Å². The zero-order valence-electron chi connectivity index (χ0n) is 28.9. The predicted octanol–water partition coefficient (Wildman–Crippen LogP) is 10.9. The number of imidazole rings is 1. The fraction of sp³-hybridized carbons (Fsp3) is 0.286. The van der Waals surface area contributed by atoms with Crippen molar-refractivity contribution in [2.45, 2.75) is 71.6 Å². The summed E-state index contributed by atoms with van der Waals surface area (Å²) in [5, 5.41) is 0. The molecule has 0 spiro atoms. The summed E-state index contributed by atoms with van der Waals surface area (Å²) in [5.41, 5.74) is 9.77. The van der Waals surface area contributed by atoms with E-state index in [0.717, 1.165) is 56.5 Å². The van der Waals surface area contributed by atoms with Gasteiger partial charge in [0, 0.05) is 6.20 Å². The molecule has 0 fully saturated rings. The second-order valence-electron chi connectivity index (χ2n) is 15.0. The van der Waals surface area contributed by atoms with Crippen molar-refractivity contribution < 1.29 is 24.1 Å². The number of ether oxygens (including phenoxy) is 1. The van der Waals surface area contributed by atoms with Gasteiger partial charge in [0.2, 0.25) is 0 Å². The molecule has 3 heterocycles. The molecule has 6 heteroatoms. The number of anilines is 2. The van der Waals surface area contributed by atoms with E-state index in [-0.39, 0.29) is 10.8 Å². The zero-order valence-corrected chi connectivity index (χ0v) is 31.2. The first-order chi connectivity index (χ1) is 22.9. The SMILES string of the molecule is CC1CCN(c2cc(C(C)(C)C)ccn2)c2cc(Oc3cccc(-n4[c](=[Pt])n(-c5ccc(C(C)(C)C)cc5)c5ccccc54)c3)ccc21. The third-order valence-corrected chi connectivity index (χ3v) is 10.5. The molecule has 0 N–H and O–H groups in total. The van der Waals surface area contributed by atoms with Gasteiger partial charge < -0.3 is 0 Å². The molecule has 0 aliphatic carbocycles. The van der Waals surface area contributed by atoms with Crippen molar-refractivity contribution in [3.8, 4) is 22.9 Å². The molecule has 7 rings (SSSR count). The molecule has 248 valence electrons. The summed E-state index contributed by atoms with van der Waals surface area (Å²) in [6, 6.07) is 36.8. The maximum absolute atomic E-state index is 6.62. The van der Waals surface area contributed by atoms with Gasteiger partial charge in [-0.1, -0.05) is 20.8 Å². The van der Waals surface area contributed by atoms with Gasteiger partial charge in [-0.3, -0.25) is 0 Å². The number of benzene rings is 4. The number of hydrogen-bond acceptors (Lipinski definition) is 3. The number of fused-ring (bicyclic) bond motifs is 2. The Hall–Kier alpha value is -4.21. The number of pyridine rings is 1. The van der Waals surface area contributed by atoms with Gasteiger partial charge in [-0.15, -0.1) is 0 Å². The first-order valence-electron chi connectivity index (χ1n) is 16.8. The second-order valence-corrected chi connectivity index (χ2v) is 16.0. The topological polar surface area (TPSA) is 35.2 Å². The Kier molecular flexibility index (Phi) is 8.32. The quantitative estimate of drug-likeness (QED) is 0.174. The third-order valence-electron chi connectivity index (χ3n) is 9.51. The normalized spacial score (nSPS) is 15.1. The Morgan fingerprint density at radius 3 is 2.04 bits per heavy atom. The van der Waals surface area contributed by atoms with Crippen LogP contribution in [0.2, 0.25) is 0 Å². The number of aromatic nitrogens is 3. The van der Waals surface area contributed by atoms with Gasteiger partial charge in [-0.05, 0) is 17.0 Å². The molecule has 1 aliphatic heterocycles. The van der Waals surface area contributed by atoms with Crippen molar-refractivity contribution in [2.75, 3.05) is 11.4 Å². The molecule has 4 aromatic carbocycles. The third kappa shape index (κ3) is 6.10. The average Bonchev–Trinajstić information content (AvgIpc) is 3.36. The van der Waals surface area contributed by atoms with Crippen LogP contribution in [0.3, 0.4) is 0 Å². The molecule has 0 radical (unpaired) electrons. The van der Waals surface area contributed by atoms with Crippen LogP contribution < -0.4 is 9.64 Å². The summed E-state index contributed by atoms with van der Waals surface area (Å²) in [4.78, 5) is 7.17. The molecule has 0 saturated heterocycles. The van der Waals surface area contributed by atoms with Crippen molar-refractivity contribution in [2.24, 2.45) is 0 Å². The van der Waals surface area contributed by atoms with Gasteiger partial charge in [-0.25, -0.2) is 0 Å². The molecular weight excluding hydrogens is 772 g/mol. The molecule has 1 unspecified atom stereocenters. The van der Waals surface area contributed by atoms with Crippen LogP contribution in [0.5, 0.6) is 11.5 Å². The van der Waals surface area contributed by atoms with Crippen LogP contribution in [0.15, 0.2) is 109 Å². The standard InChI is InChI=1S/C42H44N4O.Pt/c1-29-22-24-44(40-25-31(21-23-43-40)42(5,6)7)39-27-35(19-20-36(29)39)47-34-12-10-11-33(26-34)46-28-45(37-13-8-9-14-38(37)46)32-17-15-30(16-18-32)41(2,3)4;/h8-21,23,25-27,29H,22,24H2,1-7H3;. The van der Waals surface area contributed by atoms with Crippen molar-refractivity contribution >= 4 is 22.5 Å². The molecule has 1 aliphatic rings. The van der Waals surface area contributed by atoms with Gasteiger partial charge in [0.15, 0.2) is 0 Å². The van der Waals surface area contributed by atoms with Gasteiger partial charge in [0.1, 0.15) is 0 Å². The Morgan fingerprint density at radius 1 is 0.688 bits per heavy atom. The zero-order chi connectivity index (χ0) is 33.8. The van der Waals surface area contributed by atoms with E-state index in [4.69, 9.17) is 9.72 Å². The predicted molar refractivity (Wildman–Crippen MR) is 194 cm³/mol. The van der Waals surface area contributed by atoms with Gasteiger partial charge in [-0.2, -0.15) is 0 Å². The van der Waals surface area contributed by atoms with E-state index in [2.05, 4.69) is 179 Å². The number of nitrogens with zero attached hydrogens (tertiary/aromatic N) is 4. The summed E-state index contributed by atoms with van der Waals surface area (Å²) in [6.45, 7) is 16.7. The molecule has 48 heavy (non-hydrogen) atoms. The molecule has 2 aromatic heterocycles. The van der Waals surface area contributed by atoms with Gasteiger partial charge >= 0.3 is 253 Å². The maximum atomic E-state index is 6.62. The molecule has 6 aromatic rings. The van der Waals surface area contributed by atoms with Crippen LogP contribution in [-0.2, 0) is 30.2 Å². The summed E-state index contributed by atoms with van der Waals surface area (Å²) in [7, 11) is 0. The van der Waals surface area contributed by atoms with E-state index < -0.39 is 0 Å². The number of para-hydroxylation sites is 2. The first kappa shape index (κ1) is 32.3. The first-order valence-corrected chi connectivity index (χ1v) is 18.0. The average molecular weight is 816 g/mol. The molecule has 0 bridgehead atoms. The summed E-state index contributed by atoms with van der Waals surface area (Å²) >= 11 is 2.45. The van der Waals surface area contributed by atoms with E-state index in [0.29, 0.717) is 5.92 Å². The van der Waals surface area contributed by atoms with E-state index >= 15 is 0 Å².